The lowest BCUT2D eigenvalue weighted by Crippen LogP contribution is -2.32. The van der Waals surface area contributed by atoms with E-state index in [0.717, 1.165) is 36.9 Å². The number of aromatic hydroxyl groups is 1. The normalized spacial score (nSPS) is 13.4. The van der Waals surface area contributed by atoms with Gasteiger partial charge in [-0.1, -0.05) is 55.3 Å². The highest BCUT2D eigenvalue weighted by Gasteiger charge is 2.26. The zero-order valence-electron chi connectivity index (χ0n) is 22.5. The average Bonchev–Trinajstić information content (AvgIpc) is 3.69. The summed E-state index contributed by atoms with van der Waals surface area (Å²) in [4.78, 5) is 34.9. The number of nitrogens with zero attached hydrogens (tertiary/aromatic N) is 4. The monoisotopic (exact) mass is 546 g/mol. The lowest BCUT2D eigenvalue weighted by Gasteiger charge is -2.12. The maximum absolute atomic E-state index is 13.3. The van der Waals surface area contributed by atoms with Gasteiger partial charge in [0.25, 0.3) is 5.91 Å². The number of para-hydroxylation sites is 2. The van der Waals surface area contributed by atoms with Crippen LogP contribution in [0, 0.1) is 0 Å². The maximum atomic E-state index is 13.3. The SMILES string of the molecule is O=C(Nc1ccc(O)c(-c2cc(C3CCCC3)n(C(=O)NCCc3ccccc3)n2)c1)c1cnc2ccccc2n1. The number of hydrogen-bond donors (Lipinski definition) is 3. The van der Waals surface area contributed by atoms with Crippen molar-refractivity contribution in [3.05, 3.63) is 102 Å². The van der Waals surface area contributed by atoms with Gasteiger partial charge in [-0.05, 0) is 61.2 Å². The smallest absolute Gasteiger partial charge is 0.342 e. The van der Waals surface area contributed by atoms with Crippen LogP contribution in [0.15, 0.2) is 85.1 Å². The quantitative estimate of drug-likeness (QED) is 0.218. The zero-order valence-corrected chi connectivity index (χ0v) is 22.5. The van der Waals surface area contributed by atoms with Gasteiger partial charge < -0.3 is 15.7 Å². The molecule has 41 heavy (non-hydrogen) atoms. The Balaban J connectivity index is 1.24. The number of aromatic nitrogens is 4. The van der Waals surface area contributed by atoms with Gasteiger partial charge in [-0.25, -0.2) is 9.78 Å². The van der Waals surface area contributed by atoms with Crippen LogP contribution in [0.2, 0.25) is 0 Å². The molecule has 1 aliphatic carbocycles. The summed E-state index contributed by atoms with van der Waals surface area (Å²) >= 11 is 0. The van der Waals surface area contributed by atoms with Gasteiger partial charge in [-0.2, -0.15) is 9.78 Å². The number of nitrogens with one attached hydrogen (secondary N) is 2. The first kappa shape index (κ1) is 26.2. The van der Waals surface area contributed by atoms with Gasteiger partial charge >= 0.3 is 6.03 Å². The molecule has 0 radical (unpaired) electrons. The van der Waals surface area contributed by atoms with E-state index in [1.54, 1.807) is 18.2 Å². The van der Waals surface area contributed by atoms with E-state index in [1.807, 2.05) is 54.6 Å². The molecule has 5 aromatic rings. The zero-order chi connectivity index (χ0) is 28.2. The number of rotatable bonds is 7. The highest BCUT2D eigenvalue weighted by Crippen LogP contribution is 2.38. The lowest BCUT2D eigenvalue weighted by atomic mass is 10.0. The van der Waals surface area contributed by atoms with Crippen molar-refractivity contribution in [2.45, 2.75) is 38.0 Å². The predicted octanol–water partition coefficient (Wildman–Crippen LogP) is 5.91. The van der Waals surface area contributed by atoms with E-state index >= 15 is 0 Å². The minimum Gasteiger partial charge on any atom is -0.507 e. The summed E-state index contributed by atoms with van der Waals surface area (Å²) in [5.74, 6) is -0.205. The fourth-order valence-corrected chi connectivity index (χ4v) is 5.32. The van der Waals surface area contributed by atoms with Crippen LogP contribution in [0.3, 0.4) is 0 Å². The van der Waals surface area contributed by atoms with E-state index in [2.05, 4.69) is 25.7 Å². The van der Waals surface area contributed by atoms with Gasteiger partial charge in [0.2, 0.25) is 0 Å². The van der Waals surface area contributed by atoms with E-state index in [-0.39, 0.29) is 23.4 Å². The first-order valence-corrected chi connectivity index (χ1v) is 13.8. The van der Waals surface area contributed by atoms with Gasteiger partial charge in [-0.15, -0.1) is 0 Å². The number of amides is 2. The molecule has 0 aliphatic heterocycles. The van der Waals surface area contributed by atoms with E-state index in [0.29, 0.717) is 40.9 Å². The molecule has 3 aromatic carbocycles. The van der Waals surface area contributed by atoms with Crippen LogP contribution in [0.5, 0.6) is 5.75 Å². The van der Waals surface area contributed by atoms with Crippen LogP contribution in [-0.2, 0) is 6.42 Å². The van der Waals surface area contributed by atoms with Gasteiger partial charge in [0.05, 0.1) is 28.6 Å². The number of anilines is 1. The molecule has 1 aliphatic rings. The predicted molar refractivity (Wildman–Crippen MR) is 157 cm³/mol. The van der Waals surface area contributed by atoms with Crippen LogP contribution in [0.25, 0.3) is 22.3 Å². The summed E-state index contributed by atoms with van der Waals surface area (Å²) in [6.45, 7) is 0.479. The van der Waals surface area contributed by atoms with Crippen molar-refractivity contribution in [3.63, 3.8) is 0 Å². The fourth-order valence-electron chi connectivity index (χ4n) is 5.32. The molecular weight excluding hydrogens is 516 g/mol. The molecule has 0 unspecified atom stereocenters. The summed E-state index contributed by atoms with van der Waals surface area (Å²) in [6, 6.07) is 23.7. The molecule has 1 fully saturated rings. The summed E-state index contributed by atoms with van der Waals surface area (Å²) < 4.78 is 1.44. The average molecular weight is 547 g/mol. The minimum atomic E-state index is -0.421. The van der Waals surface area contributed by atoms with Crippen LogP contribution in [0.4, 0.5) is 10.5 Å². The van der Waals surface area contributed by atoms with Crippen LogP contribution in [-0.4, -0.2) is 43.3 Å². The molecule has 2 amide bonds. The van der Waals surface area contributed by atoms with Crippen molar-refractivity contribution in [1.29, 1.82) is 0 Å². The molecule has 6 rings (SSSR count). The highest BCUT2D eigenvalue weighted by atomic mass is 16.3. The van der Waals surface area contributed by atoms with E-state index in [9.17, 15) is 14.7 Å². The molecule has 0 bridgehead atoms. The van der Waals surface area contributed by atoms with Crippen molar-refractivity contribution in [2.24, 2.45) is 0 Å². The van der Waals surface area contributed by atoms with Gasteiger partial charge in [0, 0.05) is 23.7 Å². The van der Waals surface area contributed by atoms with Crippen LogP contribution < -0.4 is 10.6 Å². The third-order valence-corrected chi connectivity index (χ3v) is 7.45. The minimum absolute atomic E-state index is 0.000559. The number of phenolic OH excluding ortho intramolecular Hbond substituents is 1. The Morgan fingerprint density at radius 3 is 2.49 bits per heavy atom. The third kappa shape index (κ3) is 5.79. The topological polar surface area (TPSA) is 122 Å². The van der Waals surface area contributed by atoms with Gasteiger partial charge in [-0.3, -0.25) is 9.78 Å². The fraction of sp³-hybridized carbons (Fsp3) is 0.219. The van der Waals surface area contributed by atoms with Crippen molar-refractivity contribution in [1.82, 2.24) is 25.1 Å². The molecule has 9 nitrogen and oxygen atoms in total. The first-order valence-electron chi connectivity index (χ1n) is 13.8. The molecule has 9 heteroatoms. The summed E-state index contributed by atoms with van der Waals surface area (Å²) in [5.41, 5.74) is 4.82. The molecule has 1 saturated carbocycles. The summed E-state index contributed by atoms with van der Waals surface area (Å²) in [5, 5.41) is 21.2. The Labute approximate surface area is 237 Å². The van der Waals surface area contributed by atoms with E-state index in [4.69, 9.17) is 0 Å². The van der Waals surface area contributed by atoms with Crippen LogP contribution >= 0.6 is 0 Å². The summed E-state index contributed by atoms with van der Waals surface area (Å²) in [7, 11) is 0. The number of benzene rings is 3. The molecule has 2 heterocycles. The van der Waals surface area contributed by atoms with Crippen LogP contribution in [0.1, 0.15) is 53.3 Å². The number of fused-ring (bicyclic) bond motifs is 1. The van der Waals surface area contributed by atoms with Crippen molar-refractivity contribution in [3.8, 4) is 17.0 Å². The van der Waals surface area contributed by atoms with Gasteiger partial charge in [0.15, 0.2) is 0 Å². The third-order valence-electron chi connectivity index (χ3n) is 7.45. The number of phenols is 1. The molecular formula is C32H30N6O3. The first-order chi connectivity index (χ1) is 20.0. The molecule has 0 atom stereocenters. The second-order valence-electron chi connectivity index (χ2n) is 10.2. The highest BCUT2D eigenvalue weighted by molar-refractivity contribution is 6.04. The van der Waals surface area contributed by atoms with E-state index < -0.39 is 5.91 Å². The standard InChI is InChI=1S/C32H30N6O3/c39-30-15-14-23(35-31(40)28-20-34-25-12-6-7-13-26(25)36-28)18-24(30)27-19-29(22-10-4-5-11-22)38(37-27)32(41)33-17-16-21-8-2-1-3-9-21/h1-3,6-9,12-15,18-20,22,39H,4-5,10-11,16-17H2,(H,33,41)(H,35,40). The van der Waals surface area contributed by atoms with Gasteiger partial charge in [0.1, 0.15) is 11.4 Å². The Bertz CT molecular complexity index is 1710. The largest absolute Gasteiger partial charge is 0.507 e. The lowest BCUT2D eigenvalue weighted by molar-refractivity contribution is 0.102. The Kier molecular flexibility index (Phi) is 7.40. The number of carbonyl (C=O) groups is 2. The van der Waals surface area contributed by atoms with Crippen molar-refractivity contribution < 1.29 is 14.7 Å². The Hall–Kier alpha value is -5.05. The number of hydrogen-bond acceptors (Lipinski definition) is 6. The molecule has 0 saturated heterocycles. The maximum Gasteiger partial charge on any atom is 0.342 e. The van der Waals surface area contributed by atoms with Crippen molar-refractivity contribution >= 4 is 28.7 Å². The Morgan fingerprint density at radius 2 is 1.68 bits per heavy atom. The molecule has 0 spiro atoms. The second kappa shape index (κ2) is 11.6. The van der Waals surface area contributed by atoms with E-state index in [1.165, 1.54) is 16.9 Å². The molecule has 3 N–H and O–H groups in total. The summed E-state index contributed by atoms with van der Waals surface area (Å²) in [6.07, 6.45) is 6.32. The second-order valence-corrected chi connectivity index (χ2v) is 10.2. The number of carbonyl (C=O) groups excluding carboxylic acids is 2. The molecule has 206 valence electrons. The van der Waals surface area contributed by atoms with Crippen molar-refractivity contribution in [2.75, 3.05) is 11.9 Å². The molecule has 2 aromatic heterocycles. The Morgan fingerprint density at radius 1 is 0.927 bits per heavy atom.